The number of nitrogens with zero attached hydrogens (tertiary/aromatic N) is 2. The number of hydrogen-bond acceptors (Lipinski definition) is 4. The summed E-state index contributed by atoms with van der Waals surface area (Å²) < 4.78 is 0. The van der Waals surface area contributed by atoms with Crippen LogP contribution in [0.3, 0.4) is 0 Å². The summed E-state index contributed by atoms with van der Waals surface area (Å²) in [5.41, 5.74) is 0.547. The summed E-state index contributed by atoms with van der Waals surface area (Å²) in [5, 5.41) is 20.7. The number of nitro benzene ring substituents is 1. The lowest BCUT2D eigenvalue weighted by atomic mass is 10.1. The minimum absolute atomic E-state index is 0.0226. The van der Waals surface area contributed by atoms with Crippen LogP contribution in [0.2, 0.25) is 5.02 Å². The van der Waals surface area contributed by atoms with E-state index in [1.807, 2.05) is 4.90 Å². The van der Waals surface area contributed by atoms with Crippen molar-refractivity contribution in [3.8, 4) is 0 Å². The van der Waals surface area contributed by atoms with Crippen molar-refractivity contribution < 1.29 is 10.0 Å². The monoisotopic (exact) mass is 300 g/mol. The van der Waals surface area contributed by atoms with Crippen LogP contribution in [0.15, 0.2) is 18.2 Å². The molecule has 5 nitrogen and oxygen atoms in total. The maximum Gasteiger partial charge on any atom is 0.275 e. The van der Waals surface area contributed by atoms with Crippen molar-refractivity contribution in [2.45, 2.75) is 39.3 Å². The van der Waals surface area contributed by atoms with Crippen molar-refractivity contribution in [1.29, 1.82) is 0 Å². The van der Waals surface area contributed by atoms with Gasteiger partial charge < -0.3 is 5.11 Å². The molecule has 1 aromatic carbocycles. The third-order valence-electron chi connectivity index (χ3n) is 3.50. The highest BCUT2D eigenvalue weighted by molar-refractivity contribution is 6.31. The summed E-state index contributed by atoms with van der Waals surface area (Å²) in [6, 6.07) is 4.98. The van der Waals surface area contributed by atoms with Crippen molar-refractivity contribution in [2.75, 3.05) is 13.2 Å². The van der Waals surface area contributed by atoms with Crippen LogP contribution in [0.1, 0.15) is 32.3 Å². The summed E-state index contributed by atoms with van der Waals surface area (Å²) in [7, 11) is 0. The van der Waals surface area contributed by atoms with E-state index in [1.54, 1.807) is 12.1 Å². The Morgan fingerprint density at radius 2 is 2.05 bits per heavy atom. The number of rotatable bonds is 8. The van der Waals surface area contributed by atoms with Crippen molar-refractivity contribution in [3.63, 3.8) is 0 Å². The molecule has 20 heavy (non-hydrogen) atoms. The molecule has 0 radical (unpaired) electrons. The summed E-state index contributed by atoms with van der Waals surface area (Å²) in [6.07, 6.45) is 1.85. The van der Waals surface area contributed by atoms with Gasteiger partial charge in [0.2, 0.25) is 0 Å². The predicted molar refractivity (Wildman–Crippen MR) is 80.0 cm³/mol. The normalized spacial score (nSPS) is 11.3. The molecule has 0 aliphatic carbocycles. The number of benzene rings is 1. The number of aliphatic hydroxyl groups excluding tert-OH is 1. The second kappa shape index (κ2) is 8.19. The highest BCUT2D eigenvalue weighted by Gasteiger charge is 2.22. The maximum absolute atomic E-state index is 11.1. The van der Waals surface area contributed by atoms with E-state index in [9.17, 15) is 15.2 Å². The van der Waals surface area contributed by atoms with Crippen molar-refractivity contribution in [1.82, 2.24) is 4.90 Å². The first-order chi connectivity index (χ1) is 9.54. The van der Waals surface area contributed by atoms with Gasteiger partial charge in [0, 0.05) is 25.2 Å². The first-order valence-electron chi connectivity index (χ1n) is 6.81. The molecule has 112 valence electrons. The lowest BCUT2D eigenvalue weighted by molar-refractivity contribution is -0.385. The Labute approximate surface area is 124 Å². The molecule has 0 saturated carbocycles. The molecule has 0 saturated heterocycles. The van der Waals surface area contributed by atoms with Gasteiger partial charge in [-0.25, -0.2) is 0 Å². The van der Waals surface area contributed by atoms with Crippen LogP contribution >= 0.6 is 11.6 Å². The van der Waals surface area contributed by atoms with E-state index in [2.05, 4.69) is 13.8 Å². The van der Waals surface area contributed by atoms with Crippen LogP contribution < -0.4 is 0 Å². The minimum Gasteiger partial charge on any atom is -0.395 e. The molecule has 0 aliphatic heterocycles. The van der Waals surface area contributed by atoms with Crippen LogP contribution in [0, 0.1) is 10.1 Å². The van der Waals surface area contributed by atoms with Gasteiger partial charge in [0.25, 0.3) is 5.69 Å². The fourth-order valence-corrected chi connectivity index (χ4v) is 2.63. The molecule has 0 bridgehead atoms. The second-order valence-electron chi connectivity index (χ2n) is 4.66. The highest BCUT2D eigenvalue weighted by atomic mass is 35.5. The van der Waals surface area contributed by atoms with Crippen LogP contribution in [0.5, 0.6) is 0 Å². The quantitative estimate of drug-likeness (QED) is 0.591. The van der Waals surface area contributed by atoms with Crippen LogP contribution in [0.4, 0.5) is 5.69 Å². The zero-order valence-electron chi connectivity index (χ0n) is 11.9. The fourth-order valence-electron chi connectivity index (χ4n) is 2.40. The van der Waals surface area contributed by atoms with E-state index >= 15 is 0 Å². The third-order valence-corrected chi connectivity index (χ3v) is 3.85. The van der Waals surface area contributed by atoms with E-state index in [0.717, 1.165) is 12.8 Å². The Hall–Kier alpha value is -1.17. The number of hydrogen-bond donors (Lipinski definition) is 1. The molecular formula is C14H21ClN2O3. The molecule has 0 atom stereocenters. The van der Waals surface area contributed by atoms with E-state index in [1.165, 1.54) is 6.07 Å². The summed E-state index contributed by atoms with van der Waals surface area (Å²) in [5.74, 6) is 0. The van der Waals surface area contributed by atoms with Gasteiger partial charge in [-0.1, -0.05) is 31.5 Å². The van der Waals surface area contributed by atoms with Crippen LogP contribution in [-0.2, 0) is 6.54 Å². The molecule has 0 aliphatic rings. The van der Waals surface area contributed by atoms with Crippen LogP contribution in [0.25, 0.3) is 0 Å². The van der Waals surface area contributed by atoms with E-state index in [0.29, 0.717) is 23.7 Å². The molecule has 0 heterocycles. The molecule has 0 spiro atoms. The van der Waals surface area contributed by atoms with E-state index in [-0.39, 0.29) is 18.3 Å². The lowest BCUT2D eigenvalue weighted by Gasteiger charge is -2.29. The zero-order valence-corrected chi connectivity index (χ0v) is 12.6. The third kappa shape index (κ3) is 4.16. The van der Waals surface area contributed by atoms with E-state index in [4.69, 9.17) is 11.6 Å². The Balaban J connectivity index is 3.07. The lowest BCUT2D eigenvalue weighted by Crippen LogP contribution is -2.36. The number of nitro groups is 1. The average molecular weight is 301 g/mol. The smallest absolute Gasteiger partial charge is 0.275 e. The fraction of sp³-hybridized carbons (Fsp3) is 0.571. The van der Waals surface area contributed by atoms with Gasteiger partial charge >= 0.3 is 0 Å². The van der Waals surface area contributed by atoms with Crippen molar-refractivity contribution >= 4 is 17.3 Å². The first kappa shape index (κ1) is 16.9. The van der Waals surface area contributed by atoms with Gasteiger partial charge in [0.15, 0.2) is 0 Å². The molecule has 1 N–H and O–H groups in total. The highest BCUT2D eigenvalue weighted by Crippen LogP contribution is 2.28. The Morgan fingerprint density at radius 1 is 1.40 bits per heavy atom. The SMILES string of the molecule is CCC(CC)N(CCO)Cc1c(Cl)cccc1[N+](=O)[O-]. The predicted octanol–water partition coefficient (Wildman–Crippen LogP) is 3.23. The topological polar surface area (TPSA) is 66.6 Å². The minimum atomic E-state index is -0.411. The van der Waals surface area contributed by atoms with Gasteiger partial charge in [0.05, 0.1) is 22.1 Å². The second-order valence-corrected chi connectivity index (χ2v) is 5.07. The van der Waals surface area contributed by atoms with Gasteiger partial charge in [-0.3, -0.25) is 15.0 Å². The first-order valence-corrected chi connectivity index (χ1v) is 7.19. The van der Waals surface area contributed by atoms with E-state index < -0.39 is 4.92 Å². The summed E-state index contributed by atoms with van der Waals surface area (Å²) in [4.78, 5) is 12.7. The molecular weight excluding hydrogens is 280 g/mol. The Morgan fingerprint density at radius 3 is 2.55 bits per heavy atom. The molecule has 0 fully saturated rings. The number of halogens is 1. The van der Waals surface area contributed by atoms with Crippen molar-refractivity contribution in [2.24, 2.45) is 0 Å². The molecule has 1 aromatic rings. The molecule has 0 amide bonds. The molecule has 1 rings (SSSR count). The molecule has 0 aromatic heterocycles. The molecule has 0 unspecified atom stereocenters. The Bertz CT molecular complexity index is 450. The summed E-state index contributed by atoms with van der Waals surface area (Å²) >= 11 is 6.12. The molecule has 6 heteroatoms. The zero-order chi connectivity index (χ0) is 15.1. The van der Waals surface area contributed by atoms with Crippen molar-refractivity contribution in [3.05, 3.63) is 38.9 Å². The van der Waals surface area contributed by atoms with Crippen LogP contribution in [-0.4, -0.2) is 34.1 Å². The summed E-state index contributed by atoms with van der Waals surface area (Å²) in [6.45, 7) is 5.02. The maximum atomic E-state index is 11.1. The van der Waals surface area contributed by atoms with Gasteiger partial charge in [-0.2, -0.15) is 0 Å². The largest absolute Gasteiger partial charge is 0.395 e. The van der Waals surface area contributed by atoms with Gasteiger partial charge in [-0.15, -0.1) is 0 Å². The average Bonchev–Trinajstić information content (AvgIpc) is 2.42. The standard InChI is InChI=1S/C14H21ClN2O3/c1-3-11(4-2)16(8-9-18)10-12-13(15)6-5-7-14(12)17(19)20/h5-7,11,18H,3-4,8-10H2,1-2H3. The van der Waals surface area contributed by atoms with Gasteiger partial charge in [-0.05, 0) is 18.9 Å². The van der Waals surface area contributed by atoms with Gasteiger partial charge in [0.1, 0.15) is 0 Å². The number of aliphatic hydroxyl groups is 1. The Kier molecular flexibility index (Phi) is 6.91.